The van der Waals surface area contributed by atoms with E-state index in [1.165, 1.54) is 21.3 Å². The quantitative estimate of drug-likeness (QED) is 0.213. The number of carbonyl (C=O) groups is 1. The summed E-state index contributed by atoms with van der Waals surface area (Å²) < 4.78 is 59.3. The first-order valence-corrected chi connectivity index (χ1v) is 17.8. The van der Waals surface area contributed by atoms with E-state index in [2.05, 4.69) is 14.8 Å². The van der Waals surface area contributed by atoms with Gasteiger partial charge < -0.3 is 10.2 Å². The van der Waals surface area contributed by atoms with Gasteiger partial charge in [-0.05, 0) is 30.7 Å². The van der Waals surface area contributed by atoms with Gasteiger partial charge in [0.25, 0.3) is 5.91 Å². The Morgan fingerprint density at radius 3 is 2.16 bits per heavy atom. The maximum atomic E-state index is 14.4. The van der Waals surface area contributed by atoms with Crippen molar-refractivity contribution < 1.29 is 21.6 Å². The molecule has 238 valence electrons. The van der Waals surface area contributed by atoms with Crippen LogP contribution in [-0.2, 0) is 26.6 Å². The van der Waals surface area contributed by atoms with Gasteiger partial charge in [0, 0.05) is 44.8 Å². The molecule has 1 saturated heterocycles. The van der Waals surface area contributed by atoms with Gasteiger partial charge in [-0.1, -0.05) is 67.6 Å². The molecule has 45 heavy (non-hydrogen) atoms. The van der Waals surface area contributed by atoms with E-state index >= 15 is 0 Å². The van der Waals surface area contributed by atoms with Crippen LogP contribution in [-0.4, -0.2) is 75.3 Å². The van der Waals surface area contributed by atoms with Gasteiger partial charge in [0.1, 0.15) is 5.69 Å². The SMILES string of the molecule is CCCS(=O)(=O)Nc1ccccc1-n1c(-c2ccccc2)c(C(=O)N2CCNCC2)n(CCNS(=O)(=O)c2ccccc2)c1=O. The van der Waals surface area contributed by atoms with E-state index in [4.69, 9.17) is 0 Å². The summed E-state index contributed by atoms with van der Waals surface area (Å²) in [5, 5.41) is 3.22. The molecule has 2 heterocycles. The third kappa shape index (κ3) is 7.20. The summed E-state index contributed by atoms with van der Waals surface area (Å²) in [5.41, 5.74) is 0.707. The van der Waals surface area contributed by atoms with Crippen LogP contribution in [0.3, 0.4) is 0 Å². The Kier molecular flexibility index (Phi) is 9.87. The molecule has 0 bridgehead atoms. The number of imidazole rings is 1. The number of anilines is 1. The Labute approximate surface area is 262 Å². The highest BCUT2D eigenvalue weighted by atomic mass is 32.2. The van der Waals surface area contributed by atoms with Crippen molar-refractivity contribution in [1.29, 1.82) is 0 Å². The Morgan fingerprint density at radius 1 is 0.867 bits per heavy atom. The number of hydrogen-bond acceptors (Lipinski definition) is 7. The zero-order chi connectivity index (χ0) is 32.0. The van der Waals surface area contributed by atoms with E-state index in [0.29, 0.717) is 38.2 Å². The molecule has 0 radical (unpaired) electrons. The van der Waals surface area contributed by atoms with Crippen molar-refractivity contribution >= 4 is 31.6 Å². The number of piperazine rings is 1. The number of para-hydroxylation sites is 2. The van der Waals surface area contributed by atoms with Crippen LogP contribution < -0.4 is 20.5 Å². The molecule has 0 unspecified atom stereocenters. The minimum atomic E-state index is -3.89. The van der Waals surface area contributed by atoms with Crippen molar-refractivity contribution in [3.63, 3.8) is 0 Å². The fourth-order valence-electron chi connectivity index (χ4n) is 5.29. The normalized spacial score (nSPS) is 13.9. The van der Waals surface area contributed by atoms with Crippen LogP contribution in [0.15, 0.2) is 94.6 Å². The molecule has 1 aliphatic rings. The Bertz CT molecular complexity index is 1920. The molecular formula is C31H36N6O6S2. The van der Waals surface area contributed by atoms with E-state index in [1.807, 2.05) is 6.07 Å². The largest absolute Gasteiger partial charge is 0.335 e. The first kappa shape index (κ1) is 32.2. The fourth-order valence-corrected chi connectivity index (χ4v) is 7.48. The lowest BCUT2D eigenvalue weighted by molar-refractivity contribution is 0.0725. The van der Waals surface area contributed by atoms with Gasteiger partial charge >= 0.3 is 5.69 Å². The maximum absolute atomic E-state index is 14.4. The summed E-state index contributed by atoms with van der Waals surface area (Å²) in [7, 11) is -7.62. The van der Waals surface area contributed by atoms with Gasteiger partial charge in [0.15, 0.2) is 0 Å². The number of amides is 1. The maximum Gasteiger partial charge on any atom is 0.334 e. The number of carbonyl (C=O) groups excluding carboxylic acids is 1. The molecule has 1 aliphatic heterocycles. The van der Waals surface area contributed by atoms with Crippen LogP contribution in [0.1, 0.15) is 23.8 Å². The average Bonchev–Trinajstić information content (AvgIpc) is 3.33. The Morgan fingerprint density at radius 2 is 1.49 bits per heavy atom. The molecule has 1 fully saturated rings. The highest BCUT2D eigenvalue weighted by Crippen LogP contribution is 2.31. The average molecular weight is 653 g/mol. The number of nitrogens with one attached hydrogen (secondary N) is 3. The second-order valence-corrected chi connectivity index (χ2v) is 14.1. The topological polar surface area (TPSA) is 152 Å². The lowest BCUT2D eigenvalue weighted by Crippen LogP contribution is -2.47. The Hall–Kier alpha value is -4.24. The number of benzene rings is 3. The van der Waals surface area contributed by atoms with Crippen molar-refractivity contribution in [2.75, 3.05) is 43.2 Å². The number of hydrogen-bond donors (Lipinski definition) is 3. The van der Waals surface area contributed by atoms with Gasteiger partial charge in [0.05, 0.1) is 27.7 Å². The van der Waals surface area contributed by atoms with E-state index in [1.54, 1.807) is 78.6 Å². The monoisotopic (exact) mass is 652 g/mol. The highest BCUT2D eigenvalue weighted by Gasteiger charge is 2.32. The summed E-state index contributed by atoms with van der Waals surface area (Å²) in [4.78, 5) is 30.4. The van der Waals surface area contributed by atoms with Crippen LogP contribution in [0.2, 0.25) is 0 Å². The number of aromatic nitrogens is 2. The summed E-state index contributed by atoms with van der Waals surface area (Å²) in [6.07, 6.45) is 0.394. The third-order valence-corrected chi connectivity index (χ3v) is 10.3. The van der Waals surface area contributed by atoms with Gasteiger partial charge in [0.2, 0.25) is 20.0 Å². The van der Waals surface area contributed by atoms with Crippen molar-refractivity contribution in [3.8, 4) is 16.9 Å². The number of rotatable bonds is 12. The molecule has 3 aromatic carbocycles. The first-order valence-electron chi connectivity index (χ1n) is 14.7. The van der Waals surface area contributed by atoms with Gasteiger partial charge in [-0.3, -0.25) is 18.7 Å². The molecule has 1 aromatic heterocycles. The minimum absolute atomic E-state index is 0.0744. The molecule has 5 rings (SSSR count). The van der Waals surface area contributed by atoms with Crippen molar-refractivity contribution in [2.45, 2.75) is 24.8 Å². The summed E-state index contributed by atoms with van der Waals surface area (Å²) in [5.74, 6) is -0.502. The van der Waals surface area contributed by atoms with Gasteiger partial charge in [-0.25, -0.2) is 26.4 Å². The molecule has 3 N–H and O–H groups in total. The summed E-state index contributed by atoms with van der Waals surface area (Å²) >= 11 is 0. The van der Waals surface area contributed by atoms with E-state index < -0.39 is 25.7 Å². The molecule has 1 amide bonds. The second kappa shape index (κ2) is 13.8. The molecule has 0 aliphatic carbocycles. The zero-order valence-electron chi connectivity index (χ0n) is 24.8. The van der Waals surface area contributed by atoms with Gasteiger partial charge in [-0.15, -0.1) is 0 Å². The van der Waals surface area contributed by atoms with Crippen LogP contribution in [0, 0.1) is 0 Å². The molecule has 12 nitrogen and oxygen atoms in total. The van der Waals surface area contributed by atoms with E-state index in [9.17, 15) is 26.4 Å². The molecule has 14 heteroatoms. The lowest BCUT2D eigenvalue weighted by Gasteiger charge is -2.28. The molecule has 0 saturated carbocycles. The van der Waals surface area contributed by atoms with Crippen LogP contribution >= 0.6 is 0 Å². The second-order valence-electron chi connectivity index (χ2n) is 10.5. The zero-order valence-corrected chi connectivity index (χ0v) is 26.5. The number of nitrogens with zero attached hydrogens (tertiary/aromatic N) is 3. The molecular weight excluding hydrogens is 617 g/mol. The Balaban J connectivity index is 1.68. The van der Waals surface area contributed by atoms with Crippen LogP contribution in [0.4, 0.5) is 5.69 Å². The van der Waals surface area contributed by atoms with Crippen molar-refractivity contribution in [1.82, 2.24) is 24.1 Å². The summed E-state index contributed by atoms with van der Waals surface area (Å²) in [6, 6.07) is 23.3. The van der Waals surface area contributed by atoms with E-state index in [0.717, 1.165) is 0 Å². The first-order chi connectivity index (χ1) is 21.6. The smallest absolute Gasteiger partial charge is 0.334 e. The fraction of sp³-hybridized carbons (Fsp3) is 0.290. The lowest BCUT2D eigenvalue weighted by atomic mass is 10.1. The predicted molar refractivity (Wildman–Crippen MR) is 174 cm³/mol. The van der Waals surface area contributed by atoms with Crippen molar-refractivity contribution in [2.24, 2.45) is 0 Å². The van der Waals surface area contributed by atoms with Crippen LogP contribution in [0.25, 0.3) is 16.9 Å². The molecule has 4 aromatic rings. The minimum Gasteiger partial charge on any atom is -0.335 e. The van der Waals surface area contributed by atoms with Gasteiger partial charge in [-0.2, -0.15) is 0 Å². The summed E-state index contributed by atoms with van der Waals surface area (Å²) in [6.45, 7) is 3.41. The van der Waals surface area contributed by atoms with E-state index in [-0.39, 0.29) is 52.4 Å². The van der Waals surface area contributed by atoms with Crippen LogP contribution in [0.5, 0.6) is 0 Å². The molecule has 0 spiro atoms. The van der Waals surface area contributed by atoms with Crippen molar-refractivity contribution in [3.05, 3.63) is 101 Å². The third-order valence-electron chi connectivity index (χ3n) is 7.36. The highest BCUT2D eigenvalue weighted by molar-refractivity contribution is 7.92. The standard InChI is InChI=1S/C31H36N6O6S2/c1-2-23-44(40,41)34-26-15-9-10-16-27(26)37-28(24-11-5-3-6-12-24)29(30(38)35-20-17-32-18-21-35)36(31(37)39)22-19-33-45(42,43)25-13-7-4-8-14-25/h3-16,32-34H,2,17-23H2,1H3. The predicted octanol–water partition coefficient (Wildman–Crippen LogP) is 2.48. The number of sulfonamides is 2. The molecule has 0 atom stereocenters.